The lowest BCUT2D eigenvalue weighted by atomic mass is 10.1. The summed E-state index contributed by atoms with van der Waals surface area (Å²) in [5.74, 6) is -0.338. The fraction of sp³-hybridized carbons (Fsp3) is 0.211. The quantitative estimate of drug-likeness (QED) is 0.606. The summed E-state index contributed by atoms with van der Waals surface area (Å²) in [6, 6.07) is 16.8. The van der Waals surface area contributed by atoms with Gasteiger partial charge in [-0.1, -0.05) is 37.3 Å². The van der Waals surface area contributed by atoms with Crippen LogP contribution in [0.25, 0.3) is 0 Å². The van der Waals surface area contributed by atoms with Gasteiger partial charge in [-0.25, -0.2) is 5.43 Å². The van der Waals surface area contributed by atoms with Crippen molar-refractivity contribution in [2.45, 2.75) is 26.2 Å². The fourth-order valence-electron chi connectivity index (χ4n) is 2.06. The van der Waals surface area contributed by atoms with Gasteiger partial charge in [0.25, 0.3) is 5.91 Å². The van der Waals surface area contributed by atoms with Crippen LogP contribution >= 0.6 is 0 Å². The van der Waals surface area contributed by atoms with Crippen LogP contribution in [-0.2, 0) is 11.2 Å². The van der Waals surface area contributed by atoms with Gasteiger partial charge < -0.3 is 5.32 Å². The maximum absolute atomic E-state index is 12.0. The molecule has 0 heterocycles. The number of carbonyl (C=O) groups excluding carboxylic acids is 2. The lowest BCUT2D eigenvalue weighted by molar-refractivity contribution is -0.115. The second kappa shape index (κ2) is 9.25. The zero-order valence-electron chi connectivity index (χ0n) is 13.7. The van der Waals surface area contributed by atoms with Gasteiger partial charge in [0.1, 0.15) is 0 Å². The number of rotatable bonds is 7. The highest BCUT2D eigenvalue weighted by atomic mass is 16.2. The minimum Gasteiger partial charge on any atom is -0.326 e. The van der Waals surface area contributed by atoms with Gasteiger partial charge >= 0.3 is 0 Å². The lowest BCUT2D eigenvalue weighted by Gasteiger charge is -2.04. The van der Waals surface area contributed by atoms with E-state index < -0.39 is 0 Å². The third kappa shape index (κ3) is 5.68. The smallest absolute Gasteiger partial charge is 0.271 e. The largest absolute Gasteiger partial charge is 0.326 e. The van der Waals surface area contributed by atoms with Crippen LogP contribution < -0.4 is 10.7 Å². The van der Waals surface area contributed by atoms with Crippen molar-refractivity contribution in [1.29, 1.82) is 0 Å². The first kappa shape index (κ1) is 17.4. The molecule has 0 aliphatic heterocycles. The molecule has 0 spiro atoms. The molecule has 24 heavy (non-hydrogen) atoms. The molecule has 0 fully saturated rings. The van der Waals surface area contributed by atoms with Crippen LogP contribution in [0, 0.1) is 0 Å². The monoisotopic (exact) mass is 323 g/mol. The van der Waals surface area contributed by atoms with Gasteiger partial charge in [-0.3, -0.25) is 9.59 Å². The highest BCUT2D eigenvalue weighted by Gasteiger charge is 2.04. The molecule has 0 saturated carbocycles. The van der Waals surface area contributed by atoms with Gasteiger partial charge in [0.15, 0.2) is 0 Å². The van der Waals surface area contributed by atoms with Crippen molar-refractivity contribution in [3.63, 3.8) is 0 Å². The first-order valence-electron chi connectivity index (χ1n) is 7.94. The van der Waals surface area contributed by atoms with E-state index in [1.165, 1.54) is 5.56 Å². The number of aryl methyl sites for hydroxylation is 1. The molecule has 0 bridgehead atoms. The molecule has 0 unspecified atom stereocenters. The van der Waals surface area contributed by atoms with Crippen LogP contribution in [0.4, 0.5) is 5.69 Å². The van der Waals surface area contributed by atoms with E-state index in [1.807, 2.05) is 18.2 Å². The van der Waals surface area contributed by atoms with Crippen LogP contribution in [0.5, 0.6) is 0 Å². The first-order valence-corrected chi connectivity index (χ1v) is 7.94. The van der Waals surface area contributed by atoms with E-state index in [9.17, 15) is 9.59 Å². The van der Waals surface area contributed by atoms with Crippen molar-refractivity contribution in [2.75, 3.05) is 5.32 Å². The van der Waals surface area contributed by atoms with Crippen LogP contribution in [0.2, 0.25) is 0 Å². The Morgan fingerprint density at radius 3 is 2.42 bits per heavy atom. The van der Waals surface area contributed by atoms with Gasteiger partial charge in [-0.05, 0) is 42.7 Å². The van der Waals surface area contributed by atoms with E-state index >= 15 is 0 Å². The van der Waals surface area contributed by atoms with Crippen molar-refractivity contribution in [3.8, 4) is 0 Å². The number of anilines is 1. The van der Waals surface area contributed by atoms with Crippen molar-refractivity contribution in [3.05, 3.63) is 65.7 Å². The molecule has 5 heteroatoms. The molecule has 124 valence electrons. The summed E-state index contributed by atoms with van der Waals surface area (Å²) in [6.45, 7) is 1.78. The second-order valence-corrected chi connectivity index (χ2v) is 5.26. The summed E-state index contributed by atoms with van der Waals surface area (Å²) in [7, 11) is 0. The molecule has 5 nitrogen and oxygen atoms in total. The molecule has 2 N–H and O–H groups in total. The summed E-state index contributed by atoms with van der Waals surface area (Å²) < 4.78 is 0. The second-order valence-electron chi connectivity index (χ2n) is 5.26. The SMILES string of the molecule is CCC(=O)Nc1ccc(C(=O)N/N=C/CCc2ccccc2)cc1. The Balaban J connectivity index is 1.77. The van der Waals surface area contributed by atoms with Crippen molar-refractivity contribution < 1.29 is 9.59 Å². The van der Waals surface area contributed by atoms with Gasteiger partial charge in [0.05, 0.1) is 0 Å². The van der Waals surface area contributed by atoms with E-state index in [-0.39, 0.29) is 11.8 Å². The van der Waals surface area contributed by atoms with Crippen LogP contribution in [0.1, 0.15) is 35.7 Å². The molecular weight excluding hydrogens is 302 g/mol. The van der Waals surface area contributed by atoms with Crippen LogP contribution in [0.3, 0.4) is 0 Å². The number of hydrazone groups is 1. The van der Waals surface area contributed by atoms with E-state index in [0.29, 0.717) is 17.7 Å². The number of benzene rings is 2. The Labute approximate surface area is 141 Å². The number of carbonyl (C=O) groups is 2. The molecule has 2 aromatic rings. The zero-order chi connectivity index (χ0) is 17.2. The lowest BCUT2D eigenvalue weighted by Crippen LogP contribution is -2.17. The molecule has 2 amide bonds. The summed E-state index contributed by atoms with van der Waals surface area (Å²) >= 11 is 0. The Morgan fingerprint density at radius 2 is 1.75 bits per heavy atom. The normalized spacial score (nSPS) is 10.5. The van der Waals surface area contributed by atoms with E-state index in [4.69, 9.17) is 0 Å². The summed E-state index contributed by atoms with van der Waals surface area (Å²) in [4.78, 5) is 23.3. The van der Waals surface area contributed by atoms with Gasteiger partial charge in [0.2, 0.25) is 5.91 Å². The third-order valence-electron chi connectivity index (χ3n) is 3.41. The van der Waals surface area contributed by atoms with E-state index in [0.717, 1.165) is 12.8 Å². The Hall–Kier alpha value is -2.95. The Morgan fingerprint density at radius 1 is 1.04 bits per heavy atom. The topological polar surface area (TPSA) is 70.6 Å². The number of nitrogens with zero attached hydrogens (tertiary/aromatic N) is 1. The number of hydrogen-bond acceptors (Lipinski definition) is 3. The van der Waals surface area contributed by atoms with Crippen molar-refractivity contribution in [2.24, 2.45) is 5.10 Å². The van der Waals surface area contributed by atoms with Crippen LogP contribution in [0.15, 0.2) is 59.7 Å². The molecule has 2 aromatic carbocycles. The van der Waals surface area contributed by atoms with Crippen molar-refractivity contribution in [1.82, 2.24) is 5.43 Å². The predicted molar refractivity (Wildman–Crippen MR) is 96.1 cm³/mol. The molecule has 0 saturated heterocycles. The van der Waals surface area contributed by atoms with E-state index in [2.05, 4.69) is 28.0 Å². The minimum atomic E-state index is -0.278. The van der Waals surface area contributed by atoms with Gasteiger partial charge in [-0.2, -0.15) is 5.10 Å². The average molecular weight is 323 g/mol. The highest BCUT2D eigenvalue weighted by Crippen LogP contribution is 2.10. The average Bonchev–Trinajstić information content (AvgIpc) is 2.62. The summed E-state index contributed by atoms with van der Waals surface area (Å²) in [5, 5.41) is 6.69. The van der Waals surface area contributed by atoms with Crippen LogP contribution in [-0.4, -0.2) is 18.0 Å². The molecule has 0 atom stereocenters. The molecule has 2 rings (SSSR count). The summed E-state index contributed by atoms with van der Waals surface area (Å²) in [5.41, 5.74) is 4.90. The third-order valence-corrected chi connectivity index (χ3v) is 3.41. The minimum absolute atomic E-state index is 0.0600. The highest BCUT2D eigenvalue weighted by molar-refractivity contribution is 5.95. The number of nitrogens with one attached hydrogen (secondary N) is 2. The Bertz CT molecular complexity index is 694. The molecule has 0 aliphatic carbocycles. The number of hydrogen-bond donors (Lipinski definition) is 2. The van der Waals surface area contributed by atoms with Gasteiger partial charge in [0, 0.05) is 23.9 Å². The van der Waals surface area contributed by atoms with Crippen molar-refractivity contribution >= 4 is 23.7 Å². The molecule has 0 aromatic heterocycles. The maximum Gasteiger partial charge on any atom is 0.271 e. The standard InChI is InChI=1S/C19H21N3O2/c1-2-18(23)21-17-12-10-16(11-13-17)19(24)22-20-14-6-9-15-7-4-3-5-8-15/h3-5,7-8,10-14H,2,6,9H2,1H3,(H,21,23)(H,22,24)/b20-14+. The molecule has 0 radical (unpaired) electrons. The molecule has 0 aliphatic rings. The zero-order valence-corrected chi connectivity index (χ0v) is 13.7. The van der Waals surface area contributed by atoms with E-state index in [1.54, 1.807) is 37.4 Å². The fourth-order valence-corrected chi connectivity index (χ4v) is 2.06. The summed E-state index contributed by atoms with van der Waals surface area (Å²) in [6.07, 6.45) is 3.75. The first-order chi connectivity index (χ1) is 11.7. The number of amides is 2. The predicted octanol–water partition coefficient (Wildman–Crippen LogP) is 3.38. The van der Waals surface area contributed by atoms with Gasteiger partial charge in [-0.15, -0.1) is 0 Å². The Kier molecular flexibility index (Phi) is 6.71. The maximum atomic E-state index is 12.0. The molecular formula is C19H21N3O2.